The summed E-state index contributed by atoms with van der Waals surface area (Å²) in [5, 5.41) is 3.69. The standard InChI is InChI=1S/C14H26N2OS/c1-2-3-4-5-6-7-8-9-10-13(17)16-14-15-11-12-18-14/h2-12H2,1H3,(H,15,16,17). The Kier molecular flexibility index (Phi) is 9.00. The van der Waals surface area contributed by atoms with Gasteiger partial charge in [0.15, 0.2) is 5.17 Å². The molecule has 0 radical (unpaired) electrons. The van der Waals surface area contributed by atoms with Crippen LogP contribution in [0.15, 0.2) is 4.99 Å². The van der Waals surface area contributed by atoms with Crippen LogP contribution < -0.4 is 5.32 Å². The second-order valence-corrected chi connectivity index (χ2v) is 5.89. The summed E-state index contributed by atoms with van der Waals surface area (Å²) < 4.78 is 0. The maximum Gasteiger partial charge on any atom is 0.225 e. The number of rotatable bonds is 9. The van der Waals surface area contributed by atoms with Crippen molar-refractivity contribution in [3.05, 3.63) is 0 Å². The molecule has 0 saturated carbocycles. The van der Waals surface area contributed by atoms with Crippen molar-refractivity contribution < 1.29 is 4.79 Å². The number of thioether (sulfide) groups is 1. The van der Waals surface area contributed by atoms with Gasteiger partial charge >= 0.3 is 0 Å². The average molecular weight is 270 g/mol. The quantitative estimate of drug-likeness (QED) is 0.648. The molecule has 1 N–H and O–H groups in total. The summed E-state index contributed by atoms with van der Waals surface area (Å²) in [6.45, 7) is 3.09. The molecule has 0 saturated heterocycles. The fraction of sp³-hybridized carbons (Fsp3) is 0.857. The molecule has 0 fully saturated rings. The number of unbranched alkanes of at least 4 members (excludes halogenated alkanes) is 7. The van der Waals surface area contributed by atoms with Crippen molar-refractivity contribution in [1.29, 1.82) is 0 Å². The number of nitrogens with one attached hydrogen (secondary N) is 1. The van der Waals surface area contributed by atoms with E-state index < -0.39 is 0 Å². The molecule has 0 aromatic rings. The third-order valence-electron chi connectivity index (χ3n) is 3.09. The Morgan fingerprint density at radius 2 is 1.83 bits per heavy atom. The van der Waals surface area contributed by atoms with Crippen LogP contribution in [0.3, 0.4) is 0 Å². The van der Waals surface area contributed by atoms with E-state index in [0.717, 1.165) is 23.9 Å². The van der Waals surface area contributed by atoms with Crippen molar-refractivity contribution in [3.8, 4) is 0 Å². The lowest BCUT2D eigenvalue weighted by molar-refractivity contribution is -0.119. The Labute approximate surface area is 115 Å². The zero-order chi connectivity index (χ0) is 13.1. The van der Waals surface area contributed by atoms with Crippen molar-refractivity contribution in [2.75, 3.05) is 12.3 Å². The van der Waals surface area contributed by atoms with Crippen LogP contribution in [0.4, 0.5) is 0 Å². The zero-order valence-electron chi connectivity index (χ0n) is 11.5. The average Bonchev–Trinajstić information content (AvgIpc) is 2.85. The minimum Gasteiger partial charge on any atom is -0.305 e. The minimum atomic E-state index is 0.133. The molecule has 0 bridgehead atoms. The summed E-state index contributed by atoms with van der Waals surface area (Å²) in [4.78, 5) is 15.8. The van der Waals surface area contributed by atoms with E-state index in [0.29, 0.717) is 6.42 Å². The maximum atomic E-state index is 11.6. The van der Waals surface area contributed by atoms with Gasteiger partial charge in [-0.25, -0.2) is 0 Å². The van der Waals surface area contributed by atoms with Crippen molar-refractivity contribution >= 4 is 22.8 Å². The lowest BCUT2D eigenvalue weighted by Crippen LogP contribution is -2.26. The lowest BCUT2D eigenvalue weighted by atomic mass is 10.1. The molecule has 104 valence electrons. The van der Waals surface area contributed by atoms with Gasteiger partial charge in [-0.1, -0.05) is 63.6 Å². The molecule has 1 aliphatic rings. The van der Waals surface area contributed by atoms with E-state index in [1.807, 2.05) is 0 Å². The van der Waals surface area contributed by atoms with E-state index >= 15 is 0 Å². The van der Waals surface area contributed by atoms with Gasteiger partial charge in [-0.3, -0.25) is 9.79 Å². The molecule has 1 amide bonds. The van der Waals surface area contributed by atoms with Crippen LogP contribution in [-0.4, -0.2) is 23.4 Å². The topological polar surface area (TPSA) is 41.5 Å². The van der Waals surface area contributed by atoms with Gasteiger partial charge in [-0.2, -0.15) is 0 Å². The highest BCUT2D eigenvalue weighted by atomic mass is 32.2. The van der Waals surface area contributed by atoms with E-state index in [4.69, 9.17) is 0 Å². The minimum absolute atomic E-state index is 0.133. The summed E-state index contributed by atoms with van der Waals surface area (Å²) >= 11 is 1.64. The SMILES string of the molecule is CCCCCCCCCCC(=O)NC1=NCCS1. The molecule has 0 aromatic heterocycles. The smallest absolute Gasteiger partial charge is 0.225 e. The molecule has 4 heteroatoms. The monoisotopic (exact) mass is 270 g/mol. The highest BCUT2D eigenvalue weighted by Crippen LogP contribution is 2.11. The molecule has 18 heavy (non-hydrogen) atoms. The first-order valence-electron chi connectivity index (χ1n) is 7.30. The molecule has 3 nitrogen and oxygen atoms in total. The van der Waals surface area contributed by atoms with Gasteiger partial charge < -0.3 is 5.32 Å². The molecule has 1 aliphatic heterocycles. The first-order chi connectivity index (χ1) is 8.83. The summed E-state index contributed by atoms with van der Waals surface area (Å²) in [7, 11) is 0. The normalized spacial score (nSPS) is 14.6. The molecule has 0 aromatic carbocycles. The van der Waals surface area contributed by atoms with E-state index in [1.54, 1.807) is 11.8 Å². The van der Waals surface area contributed by atoms with Gasteiger partial charge in [0.1, 0.15) is 0 Å². The van der Waals surface area contributed by atoms with Gasteiger partial charge in [-0.05, 0) is 6.42 Å². The van der Waals surface area contributed by atoms with Gasteiger partial charge in [0.25, 0.3) is 0 Å². The number of nitrogens with zero attached hydrogens (tertiary/aromatic N) is 1. The number of hydrogen-bond donors (Lipinski definition) is 1. The third-order valence-corrected chi connectivity index (χ3v) is 3.98. The number of carbonyl (C=O) groups excluding carboxylic acids is 1. The summed E-state index contributed by atoms with van der Waals surface area (Å²) in [6.07, 6.45) is 10.8. The third kappa shape index (κ3) is 7.75. The Morgan fingerprint density at radius 1 is 1.17 bits per heavy atom. The molecule has 1 heterocycles. The summed E-state index contributed by atoms with van der Waals surface area (Å²) in [6, 6.07) is 0. The zero-order valence-corrected chi connectivity index (χ0v) is 12.4. The number of carbonyl (C=O) groups is 1. The second-order valence-electron chi connectivity index (χ2n) is 4.81. The first-order valence-corrected chi connectivity index (χ1v) is 8.28. The van der Waals surface area contributed by atoms with Crippen molar-refractivity contribution in [2.24, 2.45) is 4.99 Å². The highest BCUT2D eigenvalue weighted by Gasteiger charge is 2.09. The predicted octanol–water partition coefficient (Wildman–Crippen LogP) is 3.74. The van der Waals surface area contributed by atoms with Crippen LogP contribution in [-0.2, 0) is 4.79 Å². The van der Waals surface area contributed by atoms with E-state index in [1.165, 1.54) is 44.9 Å². The molecule has 0 unspecified atom stereocenters. The van der Waals surface area contributed by atoms with E-state index in [2.05, 4.69) is 17.2 Å². The molecule has 1 rings (SSSR count). The Bertz CT molecular complexity index is 267. The van der Waals surface area contributed by atoms with Gasteiger partial charge in [0.05, 0.1) is 6.54 Å². The maximum absolute atomic E-state index is 11.6. The van der Waals surface area contributed by atoms with Crippen molar-refractivity contribution in [3.63, 3.8) is 0 Å². The van der Waals surface area contributed by atoms with Crippen LogP contribution in [0.25, 0.3) is 0 Å². The largest absolute Gasteiger partial charge is 0.305 e. The second kappa shape index (κ2) is 10.4. The van der Waals surface area contributed by atoms with E-state index in [-0.39, 0.29) is 5.91 Å². The predicted molar refractivity (Wildman–Crippen MR) is 80.1 cm³/mol. The summed E-state index contributed by atoms with van der Waals surface area (Å²) in [5.41, 5.74) is 0. The van der Waals surface area contributed by atoms with Crippen LogP contribution >= 0.6 is 11.8 Å². The molecular formula is C14H26N2OS. The molecule has 0 atom stereocenters. The number of aliphatic imine (C=N–C) groups is 1. The number of hydrogen-bond acceptors (Lipinski definition) is 3. The van der Waals surface area contributed by atoms with Crippen molar-refractivity contribution in [2.45, 2.75) is 64.7 Å². The Balaban J connectivity index is 1.86. The molecule has 0 aliphatic carbocycles. The molecular weight excluding hydrogens is 244 g/mol. The molecule has 0 spiro atoms. The van der Waals surface area contributed by atoms with Crippen LogP contribution in [0.5, 0.6) is 0 Å². The van der Waals surface area contributed by atoms with Gasteiger partial charge in [0, 0.05) is 12.2 Å². The number of amides is 1. The van der Waals surface area contributed by atoms with Crippen LogP contribution in [0, 0.1) is 0 Å². The Hall–Kier alpha value is -0.510. The lowest BCUT2D eigenvalue weighted by Gasteiger charge is -2.04. The van der Waals surface area contributed by atoms with Crippen LogP contribution in [0.1, 0.15) is 64.7 Å². The number of amidine groups is 1. The first kappa shape index (κ1) is 15.5. The van der Waals surface area contributed by atoms with Crippen LogP contribution in [0.2, 0.25) is 0 Å². The van der Waals surface area contributed by atoms with Crippen molar-refractivity contribution in [1.82, 2.24) is 5.32 Å². The Morgan fingerprint density at radius 3 is 2.44 bits per heavy atom. The van der Waals surface area contributed by atoms with Gasteiger partial charge in [0.2, 0.25) is 5.91 Å². The van der Waals surface area contributed by atoms with Gasteiger partial charge in [-0.15, -0.1) is 0 Å². The fourth-order valence-electron chi connectivity index (χ4n) is 2.01. The highest BCUT2D eigenvalue weighted by molar-refractivity contribution is 8.14. The fourth-order valence-corrected chi connectivity index (χ4v) is 2.76. The van der Waals surface area contributed by atoms with E-state index in [9.17, 15) is 4.79 Å². The summed E-state index contributed by atoms with van der Waals surface area (Å²) in [5.74, 6) is 1.14.